The van der Waals surface area contributed by atoms with Gasteiger partial charge in [-0.1, -0.05) is 12.1 Å². The van der Waals surface area contributed by atoms with E-state index < -0.39 is 12.7 Å². The first-order valence-electron chi connectivity index (χ1n) is 6.05. The molecular formula is C12H19BClNO4. The topological polar surface area (TPSA) is 84.9 Å². The van der Waals surface area contributed by atoms with Crippen molar-refractivity contribution in [1.29, 1.82) is 0 Å². The van der Waals surface area contributed by atoms with Gasteiger partial charge in [-0.15, -0.1) is 12.4 Å². The van der Waals surface area contributed by atoms with Crippen molar-refractivity contribution < 1.29 is 19.5 Å². The van der Waals surface area contributed by atoms with Crippen LogP contribution >= 0.6 is 12.4 Å². The molecule has 1 aromatic rings. The fourth-order valence-electron chi connectivity index (χ4n) is 2.16. The third-order valence-electron chi connectivity index (χ3n) is 3.20. The number of fused-ring (bicyclic) bond motifs is 1. The Kier molecular flexibility index (Phi) is 5.64. The Hall–Kier alpha value is -0.785. The van der Waals surface area contributed by atoms with Crippen LogP contribution in [0.1, 0.15) is 18.9 Å². The fraction of sp³-hybridized carbons (Fsp3) is 0.500. The molecule has 0 radical (unpaired) electrons. The normalized spacial score (nSPS) is 20.9. The monoisotopic (exact) mass is 287 g/mol. The van der Waals surface area contributed by atoms with E-state index in [1.165, 1.54) is 0 Å². The molecule has 7 heteroatoms. The van der Waals surface area contributed by atoms with E-state index in [0.717, 1.165) is 5.56 Å². The Morgan fingerprint density at radius 2 is 2.21 bits per heavy atom. The number of aliphatic hydroxyl groups is 1. The summed E-state index contributed by atoms with van der Waals surface area (Å²) in [6.07, 6.45) is 0.550. The van der Waals surface area contributed by atoms with Crippen LogP contribution in [0.15, 0.2) is 18.2 Å². The molecule has 1 atom stereocenters. The highest BCUT2D eigenvalue weighted by Gasteiger charge is 2.44. The maximum atomic E-state index is 9.98. The third kappa shape index (κ3) is 3.04. The van der Waals surface area contributed by atoms with E-state index in [9.17, 15) is 5.02 Å². The fourth-order valence-corrected chi connectivity index (χ4v) is 2.16. The first-order valence-corrected chi connectivity index (χ1v) is 6.05. The van der Waals surface area contributed by atoms with Crippen molar-refractivity contribution in [3.8, 4) is 5.75 Å². The van der Waals surface area contributed by atoms with Gasteiger partial charge < -0.3 is 25.3 Å². The number of benzene rings is 1. The Labute approximate surface area is 119 Å². The molecule has 0 spiro atoms. The number of rotatable bonds is 5. The Balaban J connectivity index is 0.00000180. The van der Waals surface area contributed by atoms with Gasteiger partial charge in [-0.25, -0.2) is 0 Å². The summed E-state index contributed by atoms with van der Waals surface area (Å²) in [5.74, 6) is 0.589. The van der Waals surface area contributed by atoms with Gasteiger partial charge in [0, 0.05) is 25.0 Å². The molecule has 0 unspecified atom stereocenters. The van der Waals surface area contributed by atoms with Crippen LogP contribution in [0, 0.1) is 0 Å². The zero-order valence-corrected chi connectivity index (χ0v) is 11.7. The van der Waals surface area contributed by atoms with Gasteiger partial charge in [-0.3, -0.25) is 0 Å². The highest BCUT2D eigenvalue weighted by Crippen LogP contribution is 2.32. The highest BCUT2D eigenvalue weighted by atomic mass is 35.5. The first kappa shape index (κ1) is 16.3. The quantitative estimate of drug-likeness (QED) is 0.514. The summed E-state index contributed by atoms with van der Waals surface area (Å²) in [7, 11) is -1.01. The van der Waals surface area contributed by atoms with E-state index in [1.54, 1.807) is 6.07 Å². The van der Waals surface area contributed by atoms with Crippen LogP contribution in [-0.2, 0) is 10.3 Å². The lowest BCUT2D eigenvalue weighted by atomic mass is 9.77. The molecule has 19 heavy (non-hydrogen) atoms. The van der Waals surface area contributed by atoms with Gasteiger partial charge in [-0.2, -0.15) is 0 Å². The Morgan fingerprint density at radius 1 is 1.47 bits per heavy atom. The Bertz CT molecular complexity index is 434. The minimum absolute atomic E-state index is 0. The smallest absolute Gasteiger partial charge is 0.494 e. The summed E-state index contributed by atoms with van der Waals surface area (Å²) in [5.41, 5.74) is 6.53. The van der Waals surface area contributed by atoms with Crippen LogP contribution in [0.25, 0.3) is 0 Å². The van der Waals surface area contributed by atoms with Gasteiger partial charge in [0.15, 0.2) is 0 Å². The van der Waals surface area contributed by atoms with E-state index in [4.69, 9.17) is 20.2 Å². The minimum Gasteiger partial charge on any atom is -0.494 e. The zero-order chi connectivity index (χ0) is 13.2. The second kappa shape index (κ2) is 6.59. The Morgan fingerprint density at radius 3 is 2.84 bits per heavy atom. The molecule has 1 aliphatic heterocycles. The average Bonchev–Trinajstić information content (AvgIpc) is 2.64. The van der Waals surface area contributed by atoms with Crippen LogP contribution in [0.4, 0.5) is 0 Å². The molecule has 0 saturated carbocycles. The predicted octanol–water partition coefficient (Wildman–Crippen LogP) is -0.239. The van der Waals surface area contributed by atoms with Gasteiger partial charge >= 0.3 is 7.12 Å². The summed E-state index contributed by atoms with van der Waals surface area (Å²) in [6, 6.07) is 5.52. The number of hydrogen-bond acceptors (Lipinski definition) is 5. The molecule has 5 nitrogen and oxygen atoms in total. The predicted molar refractivity (Wildman–Crippen MR) is 76.0 cm³/mol. The number of aliphatic hydroxyl groups excluding tert-OH is 1. The zero-order valence-electron chi connectivity index (χ0n) is 10.8. The van der Waals surface area contributed by atoms with Crippen molar-refractivity contribution >= 4 is 25.0 Å². The lowest BCUT2D eigenvalue weighted by Gasteiger charge is -2.23. The first-order chi connectivity index (χ1) is 8.62. The van der Waals surface area contributed by atoms with Crippen molar-refractivity contribution in [2.75, 3.05) is 19.8 Å². The number of hydrogen-bond donors (Lipinski definition) is 3. The van der Waals surface area contributed by atoms with Gasteiger partial charge in [0.05, 0.1) is 12.2 Å². The van der Waals surface area contributed by atoms with Crippen LogP contribution in [-0.4, -0.2) is 37.0 Å². The molecule has 0 amide bonds. The third-order valence-corrected chi connectivity index (χ3v) is 3.20. The molecule has 0 saturated heterocycles. The second-order valence-electron chi connectivity index (χ2n) is 4.55. The summed E-state index contributed by atoms with van der Waals surface area (Å²) >= 11 is 0. The molecule has 106 valence electrons. The van der Waals surface area contributed by atoms with Crippen molar-refractivity contribution in [2.45, 2.75) is 18.9 Å². The molecule has 1 aromatic carbocycles. The van der Waals surface area contributed by atoms with Crippen molar-refractivity contribution in [1.82, 2.24) is 0 Å². The molecule has 1 heterocycles. The largest absolute Gasteiger partial charge is 0.496 e. The molecule has 2 rings (SSSR count). The lowest BCUT2D eigenvalue weighted by Crippen LogP contribution is -2.33. The van der Waals surface area contributed by atoms with Crippen LogP contribution < -0.4 is 15.9 Å². The maximum Gasteiger partial charge on any atom is 0.496 e. The number of ether oxygens (including phenoxy) is 1. The SMILES string of the molecule is C[C@]1(CN)OB(O)c2c(OCCCO)cccc21.Cl. The standard InChI is InChI=1S/C12H18BNO4.ClH/c1-12(8-14)9-4-2-5-10(17-7-3-6-15)11(9)13(16)18-12;/h2,4-5,15-16H,3,6-8,14H2,1H3;1H/t12-;/m1./s1. The van der Waals surface area contributed by atoms with Crippen molar-refractivity contribution in [2.24, 2.45) is 5.73 Å². The van der Waals surface area contributed by atoms with E-state index in [0.29, 0.717) is 24.2 Å². The van der Waals surface area contributed by atoms with Crippen molar-refractivity contribution in [3.63, 3.8) is 0 Å². The van der Waals surface area contributed by atoms with Crippen LogP contribution in [0.2, 0.25) is 0 Å². The summed E-state index contributed by atoms with van der Waals surface area (Å²) in [5, 5.41) is 18.7. The minimum atomic E-state index is -1.01. The van der Waals surface area contributed by atoms with Crippen LogP contribution in [0.3, 0.4) is 0 Å². The highest BCUT2D eigenvalue weighted by molar-refractivity contribution is 6.63. The van der Waals surface area contributed by atoms with Crippen molar-refractivity contribution in [3.05, 3.63) is 23.8 Å². The van der Waals surface area contributed by atoms with E-state index in [1.807, 2.05) is 19.1 Å². The van der Waals surface area contributed by atoms with Gasteiger partial charge in [0.1, 0.15) is 5.75 Å². The summed E-state index contributed by atoms with van der Waals surface area (Å²) < 4.78 is 11.1. The number of nitrogens with two attached hydrogens (primary N) is 1. The molecular weight excluding hydrogens is 268 g/mol. The number of halogens is 1. The van der Waals surface area contributed by atoms with E-state index in [-0.39, 0.29) is 25.6 Å². The lowest BCUT2D eigenvalue weighted by molar-refractivity contribution is 0.0893. The molecule has 4 N–H and O–H groups in total. The summed E-state index contributed by atoms with van der Waals surface area (Å²) in [6.45, 7) is 2.62. The second-order valence-corrected chi connectivity index (χ2v) is 4.55. The van der Waals surface area contributed by atoms with Crippen LogP contribution in [0.5, 0.6) is 5.75 Å². The average molecular weight is 288 g/mol. The van der Waals surface area contributed by atoms with Gasteiger partial charge in [-0.05, 0) is 18.6 Å². The molecule has 0 aromatic heterocycles. The summed E-state index contributed by atoms with van der Waals surface area (Å²) in [4.78, 5) is 0. The van der Waals surface area contributed by atoms with Gasteiger partial charge in [0.2, 0.25) is 0 Å². The molecule has 0 bridgehead atoms. The van der Waals surface area contributed by atoms with E-state index in [2.05, 4.69) is 0 Å². The maximum absolute atomic E-state index is 9.98. The molecule has 1 aliphatic rings. The van der Waals surface area contributed by atoms with E-state index >= 15 is 0 Å². The molecule has 0 fully saturated rings. The molecule has 0 aliphatic carbocycles. The van der Waals surface area contributed by atoms with Gasteiger partial charge in [0.25, 0.3) is 0 Å².